The summed E-state index contributed by atoms with van der Waals surface area (Å²) in [6.45, 7) is 3.19. The minimum Gasteiger partial charge on any atom is -0.329 e. The number of nitrogens with two attached hydrogens (primary N) is 1. The highest BCUT2D eigenvalue weighted by atomic mass is 19.1. The van der Waals surface area contributed by atoms with E-state index in [4.69, 9.17) is 5.73 Å². The van der Waals surface area contributed by atoms with E-state index in [1.807, 2.05) is 6.92 Å². The minimum atomic E-state index is -0.531. The van der Waals surface area contributed by atoms with Crippen molar-refractivity contribution in [3.8, 4) is 0 Å². The molecule has 1 rings (SSSR count). The first-order chi connectivity index (χ1) is 7.11. The monoisotopic (exact) mass is 214 g/mol. The van der Waals surface area contributed by atoms with Crippen LogP contribution in [0.15, 0.2) is 18.2 Å². The van der Waals surface area contributed by atoms with Gasteiger partial charge in [0.2, 0.25) is 0 Å². The van der Waals surface area contributed by atoms with Crippen LogP contribution in [-0.2, 0) is 6.42 Å². The predicted molar refractivity (Wildman–Crippen MR) is 56.6 cm³/mol. The normalized spacial score (nSPS) is 12.8. The van der Waals surface area contributed by atoms with E-state index in [1.165, 1.54) is 12.1 Å². The molecule has 1 aromatic rings. The van der Waals surface area contributed by atoms with Gasteiger partial charge in [0.1, 0.15) is 11.6 Å². The van der Waals surface area contributed by atoms with Gasteiger partial charge in [0.25, 0.3) is 0 Å². The summed E-state index contributed by atoms with van der Waals surface area (Å²) in [7, 11) is 0. The Kier molecular flexibility index (Phi) is 4.65. The molecule has 0 heterocycles. The zero-order valence-corrected chi connectivity index (χ0v) is 8.76. The summed E-state index contributed by atoms with van der Waals surface area (Å²) in [5.74, 6) is -1.06. The summed E-state index contributed by atoms with van der Waals surface area (Å²) in [5, 5.41) is 3.15. The van der Waals surface area contributed by atoms with Gasteiger partial charge in [-0.05, 0) is 37.6 Å². The van der Waals surface area contributed by atoms with Crippen LogP contribution in [-0.4, -0.2) is 19.1 Å². The van der Waals surface area contributed by atoms with E-state index in [2.05, 4.69) is 5.32 Å². The van der Waals surface area contributed by atoms with Crippen LogP contribution in [0.25, 0.3) is 0 Å². The zero-order valence-electron chi connectivity index (χ0n) is 8.76. The summed E-state index contributed by atoms with van der Waals surface area (Å²) in [6, 6.07) is 3.79. The van der Waals surface area contributed by atoms with Gasteiger partial charge in [0, 0.05) is 18.7 Å². The van der Waals surface area contributed by atoms with Gasteiger partial charge in [0.05, 0.1) is 0 Å². The van der Waals surface area contributed by atoms with Crippen LogP contribution in [0.1, 0.15) is 12.5 Å². The van der Waals surface area contributed by atoms with E-state index >= 15 is 0 Å². The fourth-order valence-electron chi connectivity index (χ4n) is 1.30. The van der Waals surface area contributed by atoms with Crippen LogP contribution >= 0.6 is 0 Å². The Morgan fingerprint density at radius 1 is 1.27 bits per heavy atom. The third-order valence-corrected chi connectivity index (χ3v) is 2.18. The molecule has 4 heteroatoms. The summed E-state index contributed by atoms with van der Waals surface area (Å²) in [4.78, 5) is 0. The first-order valence-corrected chi connectivity index (χ1v) is 5.00. The fourth-order valence-corrected chi connectivity index (χ4v) is 1.30. The molecule has 1 unspecified atom stereocenters. The molecule has 0 fully saturated rings. The maximum atomic E-state index is 12.8. The van der Waals surface area contributed by atoms with Crippen LogP contribution in [0, 0.1) is 11.6 Å². The van der Waals surface area contributed by atoms with Gasteiger partial charge < -0.3 is 11.1 Å². The summed E-state index contributed by atoms with van der Waals surface area (Å²) in [6.07, 6.45) is 0.596. The quantitative estimate of drug-likeness (QED) is 0.778. The van der Waals surface area contributed by atoms with Gasteiger partial charge in [-0.25, -0.2) is 8.78 Å². The van der Waals surface area contributed by atoms with Gasteiger partial charge in [-0.15, -0.1) is 0 Å². The van der Waals surface area contributed by atoms with Crippen molar-refractivity contribution in [1.82, 2.24) is 5.32 Å². The molecule has 0 bridgehead atoms. The lowest BCUT2D eigenvalue weighted by Crippen LogP contribution is -2.34. The highest BCUT2D eigenvalue weighted by molar-refractivity contribution is 5.18. The molecule has 2 nitrogen and oxygen atoms in total. The van der Waals surface area contributed by atoms with Gasteiger partial charge >= 0.3 is 0 Å². The van der Waals surface area contributed by atoms with Crippen molar-refractivity contribution in [3.63, 3.8) is 0 Å². The van der Waals surface area contributed by atoms with E-state index < -0.39 is 11.6 Å². The summed E-state index contributed by atoms with van der Waals surface area (Å²) >= 11 is 0. The fraction of sp³-hybridized carbons (Fsp3) is 0.455. The van der Waals surface area contributed by atoms with E-state index in [0.717, 1.165) is 6.07 Å². The number of benzene rings is 1. The number of hydrogen-bond acceptors (Lipinski definition) is 2. The Morgan fingerprint density at radius 3 is 2.40 bits per heavy atom. The van der Waals surface area contributed by atoms with Crippen molar-refractivity contribution >= 4 is 0 Å². The molecule has 0 saturated carbocycles. The molecule has 0 spiro atoms. The molecule has 84 valence electrons. The van der Waals surface area contributed by atoms with Crippen molar-refractivity contribution in [2.75, 3.05) is 13.1 Å². The number of rotatable bonds is 5. The van der Waals surface area contributed by atoms with Crippen molar-refractivity contribution in [2.24, 2.45) is 5.73 Å². The molecular weight excluding hydrogens is 198 g/mol. The lowest BCUT2D eigenvalue weighted by molar-refractivity contribution is 0.552. The Bertz CT molecular complexity index is 295. The first-order valence-electron chi connectivity index (χ1n) is 5.00. The second kappa shape index (κ2) is 5.78. The predicted octanol–water partition coefficient (Wildman–Crippen LogP) is 1.44. The Labute approximate surface area is 88.5 Å². The molecule has 0 aliphatic rings. The summed E-state index contributed by atoms with van der Waals surface area (Å²) < 4.78 is 25.6. The Hall–Kier alpha value is -1.00. The molecule has 1 atom stereocenters. The molecule has 1 aromatic carbocycles. The van der Waals surface area contributed by atoms with Crippen molar-refractivity contribution in [1.29, 1.82) is 0 Å². The highest BCUT2D eigenvalue weighted by Crippen LogP contribution is 2.08. The molecule has 0 amide bonds. The smallest absolute Gasteiger partial charge is 0.126 e. The summed E-state index contributed by atoms with van der Waals surface area (Å²) in [5.41, 5.74) is 6.07. The third kappa shape index (κ3) is 4.36. The molecule has 0 aromatic heterocycles. The highest BCUT2D eigenvalue weighted by Gasteiger charge is 2.01. The lowest BCUT2D eigenvalue weighted by Gasteiger charge is -2.10. The van der Waals surface area contributed by atoms with Crippen molar-refractivity contribution in [3.05, 3.63) is 35.4 Å². The lowest BCUT2D eigenvalue weighted by atomic mass is 10.1. The Morgan fingerprint density at radius 2 is 1.87 bits per heavy atom. The average Bonchev–Trinajstić information content (AvgIpc) is 2.16. The topological polar surface area (TPSA) is 38.0 Å². The second-order valence-corrected chi connectivity index (χ2v) is 3.62. The van der Waals surface area contributed by atoms with Crippen LogP contribution < -0.4 is 11.1 Å². The van der Waals surface area contributed by atoms with Crippen molar-refractivity contribution < 1.29 is 8.78 Å². The first kappa shape index (κ1) is 12.1. The van der Waals surface area contributed by atoms with Gasteiger partial charge in [0.15, 0.2) is 0 Å². The van der Waals surface area contributed by atoms with Gasteiger partial charge in [-0.3, -0.25) is 0 Å². The van der Waals surface area contributed by atoms with Crippen LogP contribution in [0.2, 0.25) is 0 Å². The minimum absolute atomic E-state index is 0.225. The average molecular weight is 214 g/mol. The molecular formula is C11H16F2N2. The third-order valence-electron chi connectivity index (χ3n) is 2.18. The van der Waals surface area contributed by atoms with E-state index in [1.54, 1.807) is 0 Å². The molecule has 0 aliphatic carbocycles. The maximum Gasteiger partial charge on any atom is 0.126 e. The number of nitrogens with one attached hydrogen (secondary N) is 1. The zero-order chi connectivity index (χ0) is 11.3. The Balaban J connectivity index is 2.43. The molecule has 0 aliphatic heterocycles. The standard InChI is InChI=1S/C11H16F2N2/c1-8(7-14)15-3-2-9-4-10(12)6-11(13)5-9/h4-6,8,15H,2-3,7,14H2,1H3. The van der Waals surface area contributed by atoms with E-state index in [9.17, 15) is 8.78 Å². The van der Waals surface area contributed by atoms with Crippen LogP contribution in [0.3, 0.4) is 0 Å². The number of halogens is 2. The SMILES string of the molecule is CC(CN)NCCc1cc(F)cc(F)c1. The maximum absolute atomic E-state index is 12.8. The van der Waals surface area contributed by atoms with Gasteiger partial charge in [-0.2, -0.15) is 0 Å². The largest absolute Gasteiger partial charge is 0.329 e. The molecule has 3 N–H and O–H groups in total. The van der Waals surface area contributed by atoms with Crippen molar-refractivity contribution in [2.45, 2.75) is 19.4 Å². The van der Waals surface area contributed by atoms with Crippen LogP contribution in [0.5, 0.6) is 0 Å². The van der Waals surface area contributed by atoms with E-state index in [-0.39, 0.29) is 6.04 Å². The van der Waals surface area contributed by atoms with Gasteiger partial charge in [-0.1, -0.05) is 0 Å². The molecule has 0 saturated heterocycles. The van der Waals surface area contributed by atoms with Crippen LogP contribution in [0.4, 0.5) is 8.78 Å². The molecule has 0 radical (unpaired) electrons. The second-order valence-electron chi connectivity index (χ2n) is 3.62. The molecule has 15 heavy (non-hydrogen) atoms. The number of hydrogen-bond donors (Lipinski definition) is 2. The van der Waals surface area contributed by atoms with E-state index in [0.29, 0.717) is 25.1 Å².